The second-order valence-corrected chi connectivity index (χ2v) is 8.24. The molecule has 4 N–H and O–H groups in total. The van der Waals surface area contributed by atoms with Gasteiger partial charge in [-0.2, -0.15) is 0 Å². The number of para-hydroxylation sites is 2. The quantitative estimate of drug-likeness (QED) is 0.197. The van der Waals surface area contributed by atoms with E-state index in [0.29, 0.717) is 22.8 Å². The molecule has 4 aromatic carbocycles. The molecule has 0 spiro atoms. The largest absolute Gasteiger partial charge is 0.473 e. The van der Waals surface area contributed by atoms with Crippen molar-refractivity contribution in [2.24, 2.45) is 0 Å². The zero-order valence-corrected chi connectivity index (χ0v) is 20.6. The number of carbonyl (C=O) groups is 2. The van der Waals surface area contributed by atoms with Crippen molar-refractivity contribution in [1.29, 1.82) is 0 Å². The van der Waals surface area contributed by atoms with Crippen molar-refractivity contribution in [2.75, 3.05) is 28.0 Å². The Morgan fingerprint density at radius 1 is 0.649 bits per heavy atom. The molecule has 0 heterocycles. The first kappa shape index (κ1) is 25.1. The molecule has 0 atom stereocenters. The number of anilines is 4. The molecule has 0 unspecified atom stereocenters. The van der Waals surface area contributed by atoms with Crippen LogP contribution in [0.25, 0.3) is 0 Å². The lowest BCUT2D eigenvalue weighted by atomic mass is 10.1. The van der Waals surface area contributed by atoms with E-state index in [0.717, 1.165) is 22.6 Å². The van der Waals surface area contributed by atoms with Crippen molar-refractivity contribution in [3.63, 3.8) is 0 Å². The second kappa shape index (κ2) is 12.1. The lowest BCUT2D eigenvalue weighted by Gasteiger charge is -2.15. The van der Waals surface area contributed by atoms with Crippen LogP contribution in [0.2, 0.25) is 0 Å². The summed E-state index contributed by atoms with van der Waals surface area (Å²) in [4.78, 5) is 25.0. The topological polar surface area (TPSA) is 101 Å². The smallest absolute Gasteiger partial charge is 0.417 e. The van der Waals surface area contributed by atoms with Gasteiger partial charge in [-0.25, -0.2) is 9.59 Å². The standard InChI is InChI=1S/C29H28N4O4/c1-20-13-15-22(30-19-36-24-9-5-3-6-10-24)17-26(20)32-28(34)33-27-18-23(16-14-21(27)2)31-29(35)37-25-11-7-4-8-12-25/h3-18,30H,19H2,1-2H3,(H,31,35)(H2,32,33,34). The van der Waals surface area contributed by atoms with Crippen LogP contribution in [0.15, 0.2) is 97.1 Å². The molecule has 0 bridgehead atoms. The summed E-state index contributed by atoms with van der Waals surface area (Å²) in [6.45, 7) is 4.06. The number of benzene rings is 4. The molecule has 4 rings (SSSR count). The van der Waals surface area contributed by atoms with Gasteiger partial charge in [-0.05, 0) is 73.5 Å². The summed E-state index contributed by atoms with van der Waals surface area (Å²) in [6, 6.07) is 28.8. The van der Waals surface area contributed by atoms with Gasteiger partial charge in [0.1, 0.15) is 11.5 Å². The summed E-state index contributed by atoms with van der Waals surface area (Å²) < 4.78 is 10.9. The number of urea groups is 1. The van der Waals surface area contributed by atoms with E-state index in [9.17, 15) is 9.59 Å². The third kappa shape index (κ3) is 7.50. The number of hydrogen-bond acceptors (Lipinski definition) is 5. The highest BCUT2D eigenvalue weighted by Crippen LogP contribution is 2.23. The molecular formula is C29H28N4O4. The molecule has 0 radical (unpaired) electrons. The fourth-order valence-corrected chi connectivity index (χ4v) is 3.44. The van der Waals surface area contributed by atoms with Gasteiger partial charge in [0, 0.05) is 22.7 Å². The van der Waals surface area contributed by atoms with Crippen molar-refractivity contribution < 1.29 is 19.1 Å². The minimum Gasteiger partial charge on any atom is -0.473 e. The summed E-state index contributed by atoms with van der Waals surface area (Å²) in [5.41, 5.74) is 4.24. The molecule has 188 valence electrons. The van der Waals surface area contributed by atoms with Gasteiger partial charge in [0.25, 0.3) is 0 Å². The molecule has 3 amide bonds. The fraction of sp³-hybridized carbons (Fsp3) is 0.103. The van der Waals surface area contributed by atoms with Gasteiger partial charge in [0.2, 0.25) is 0 Å². The van der Waals surface area contributed by atoms with Crippen LogP contribution in [-0.2, 0) is 0 Å². The Morgan fingerprint density at radius 3 is 1.81 bits per heavy atom. The van der Waals surface area contributed by atoms with Crippen LogP contribution in [0, 0.1) is 13.8 Å². The highest BCUT2D eigenvalue weighted by atomic mass is 16.6. The molecule has 4 aromatic rings. The van der Waals surface area contributed by atoms with Crippen LogP contribution in [0.5, 0.6) is 11.5 Å². The first-order valence-corrected chi connectivity index (χ1v) is 11.7. The number of carbonyl (C=O) groups excluding carboxylic acids is 2. The zero-order valence-electron chi connectivity index (χ0n) is 20.6. The summed E-state index contributed by atoms with van der Waals surface area (Å²) in [7, 11) is 0. The minimum atomic E-state index is -0.623. The Bertz CT molecular complexity index is 1360. The highest BCUT2D eigenvalue weighted by Gasteiger charge is 2.11. The van der Waals surface area contributed by atoms with Gasteiger partial charge in [-0.3, -0.25) is 5.32 Å². The van der Waals surface area contributed by atoms with Gasteiger partial charge < -0.3 is 25.4 Å². The average molecular weight is 497 g/mol. The van der Waals surface area contributed by atoms with Crippen LogP contribution in [0.4, 0.5) is 32.3 Å². The molecular weight excluding hydrogens is 468 g/mol. The zero-order chi connectivity index (χ0) is 26.0. The first-order valence-electron chi connectivity index (χ1n) is 11.7. The van der Waals surface area contributed by atoms with Crippen molar-refractivity contribution in [2.45, 2.75) is 13.8 Å². The van der Waals surface area contributed by atoms with Crippen LogP contribution in [0.1, 0.15) is 11.1 Å². The Hall–Kier alpha value is -4.98. The lowest BCUT2D eigenvalue weighted by molar-refractivity contribution is 0.215. The molecule has 8 heteroatoms. The van der Waals surface area contributed by atoms with E-state index in [-0.39, 0.29) is 6.73 Å². The maximum Gasteiger partial charge on any atom is 0.417 e. The Kier molecular flexibility index (Phi) is 8.23. The summed E-state index contributed by atoms with van der Waals surface area (Å²) in [5.74, 6) is 1.20. The summed E-state index contributed by atoms with van der Waals surface area (Å²) in [6.07, 6.45) is -0.623. The van der Waals surface area contributed by atoms with E-state index in [1.807, 2.05) is 68.4 Å². The number of ether oxygens (including phenoxy) is 2. The Balaban J connectivity index is 1.34. The summed E-state index contributed by atoms with van der Waals surface area (Å²) in [5, 5.41) is 11.6. The van der Waals surface area contributed by atoms with Gasteiger partial charge in [-0.15, -0.1) is 0 Å². The van der Waals surface area contributed by atoms with Crippen LogP contribution in [-0.4, -0.2) is 18.9 Å². The number of aryl methyl sites for hydroxylation is 2. The van der Waals surface area contributed by atoms with E-state index in [2.05, 4.69) is 21.3 Å². The molecule has 8 nitrogen and oxygen atoms in total. The van der Waals surface area contributed by atoms with Gasteiger partial charge in [0.15, 0.2) is 6.73 Å². The van der Waals surface area contributed by atoms with E-state index in [1.54, 1.807) is 42.5 Å². The minimum absolute atomic E-state index is 0.282. The normalized spacial score (nSPS) is 10.2. The fourth-order valence-electron chi connectivity index (χ4n) is 3.44. The van der Waals surface area contributed by atoms with E-state index < -0.39 is 12.1 Å². The molecule has 0 saturated carbocycles. The third-order valence-electron chi connectivity index (χ3n) is 5.43. The van der Waals surface area contributed by atoms with Gasteiger partial charge >= 0.3 is 12.1 Å². The monoisotopic (exact) mass is 496 g/mol. The van der Waals surface area contributed by atoms with Crippen molar-refractivity contribution in [1.82, 2.24) is 0 Å². The first-order chi connectivity index (χ1) is 18.0. The maximum absolute atomic E-state index is 12.8. The van der Waals surface area contributed by atoms with Crippen LogP contribution in [0.3, 0.4) is 0 Å². The van der Waals surface area contributed by atoms with Crippen LogP contribution >= 0.6 is 0 Å². The number of hydrogen-bond donors (Lipinski definition) is 4. The Morgan fingerprint density at radius 2 is 1.19 bits per heavy atom. The van der Waals surface area contributed by atoms with Crippen molar-refractivity contribution in [3.8, 4) is 11.5 Å². The molecule has 0 aliphatic heterocycles. The second-order valence-electron chi connectivity index (χ2n) is 8.24. The van der Waals surface area contributed by atoms with Crippen molar-refractivity contribution in [3.05, 3.63) is 108 Å². The van der Waals surface area contributed by atoms with Gasteiger partial charge in [-0.1, -0.05) is 48.5 Å². The SMILES string of the molecule is Cc1ccc(NCOc2ccccc2)cc1NC(=O)Nc1cc(NC(=O)Oc2ccccc2)ccc1C. The summed E-state index contributed by atoms with van der Waals surface area (Å²) >= 11 is 0. The van der Waals surface area contributed by atoms with Gasteiger partial charge in [0.05, 0.1) is 0 Å². The lowest BCUT2D eigenvalue weighted by Crippen LogP contribution is -2.21. The molecule has 0 saturated heterocycles. The number of rotatable bonds is 8. The maximum atomic E-state index is 12.8. The molecule has 37 heavy (non-hydrogen) atoms. The third-order valence-corrected chi connectivity index (χ3v) is 5.43. The number of nitrogens with one attached hydrogen (secondary N) is 4. The molecule has 0 aliphatic carbocycles. The van der Waals surface area contributed by atoms with Crippen LogP contribution < -0.4 is 30.7 Å². The molecule has 0 aliphatic rings. The predicted octanol–water partition coefficient (Wildman–Crippen LogP) is 7.01. The predicted molar refractivity (Wildman–Crippen MR) is 147 cm³/mol. The highest BCUT2D eigenvalue weighted by molar-refractivity contribution is 6.01. The Labute approximate surface area is 215 Å². The van der Waals surface area contributed by atoms with E-state index >= 15 is 0 Å². The average Bonchev–Trinajstić information content (AvgIpc) is 2.89. The van der Waals surface area contributed by atoms with Crippen molar-refractivity contribution >= 4 is 34.9 Å². The molecule has 0 aromatic heterocycles. The van der Waals surface area contributed by atoms with E-state index in [4.69, 9.17) is 9.47 Å². The molecule has 0 fully saturated rings. The van der Waals surface area contributed by atoms with E-state index in [1.165, 1.54) is 0 Å². The number of amides is 3.